The molecule has 2 aromatic carbocycles. The molecule has 0 bridgehead atoms. The molecule has 3 aromatic rings. The third kappa shape index (κ3) is 3.24. The highest BCUT2D eigenvalue weighted by Crippen LogP contribution is 2.22. The van der Waals surface area contributed by atoms with E-state index in [-0.39, 0.29) is 11.7 Å². The lowest BCUT2D eigenvalue weighted by molar-refractivity contribution is 0.0746. The fraction of sp³-hybridized carbons (Fsp3) is 0.238. The molecule has 0 N–H and O–H groups in total. The van der Waals surface area contributed by atoms with Gasteiger partial charge >= 0.3 is 0 Å². The Kier molecular flexibility index (Phi) is 4.81. The summed E-state index contributed by atoms with van der Waals surface area (Å²) in [7, 11) is 0. The maximum atomic E-state index is 14.1. The molecule has 144 valence electrons. The Labute approximate surface area is 161 Å². The summed E-state index contributed by atoms with van der Waals surface area (Å²) in [6.45, 7) is 3.82. The number of hydrogen-bond donors (Lipinski definition) is 0. The molecule has 1 amide bonds. The predicted molar refractivity (Wildman–Crippen MR) is 103 cm³/mol. The topological polar surface area (TPSA) is 41.4 Å². The van der Waals surface area contributed by atoms with E-state index >= 15 is 0 Å². The van der Waals surface area contributed by atoms with E-state index in [9.17, 15) is 13.6 Å². The summed E-state index contributed by atoms with van der Waals surface area (Å²) in [6, 6.07) is 13.0. The lowest BCUT2D eigenvalue weighted by atomic mass is 10.2. The summed E-state index contributed by atoms with van der Waals surface area (Å²) in [5.74, 6) is -0.802. The first-order valence-corrected chi connectivity index (χ1v) is 9.14. The zero-order valence-corrected chi connectivity index (χ0v) is 15.5. The van der Waals surface area contributed by atoms with Crippen molar-refractivity contribution >= 4 is 11.6 Å². The summed E-state index contributed by atoms with van der Waals surface area (Å²) in [5, 5.41) is 4.21. The first kappa shape index (κ1) is 18.2. The number of aromatic nitrogens is 2. The number of nitrogens with zero attached hydrogens (tertiary/aromatic N) is 4. The number of hydrogen-bond acceptors (Lipinski definition) is 3. The molecule has 0 unspecified atom stereocenters. The Morgan fingerprint density at radius 1 is 0.893 bits per heavy atom. The molecule has 5 nitrogen and oxygen atoms in total. The van der Waals surface area contributed by atoms with E-state index in [0.717, 1.165) is 0 Å². The van der Waals surface area contributed by atoms with Crippen molar-refractivity contribution in [1.82, 2.24) is 14.7 Å². The van der Waals surface area contributed by atoms with Crippen LogP contribution < -0.4 is 4.90 Å². The molecule has 4 rings (SSSR count). The first-order chi connectivity index (χ1) is 13.6. The van der Waals surface area contributed by atoms with Crippen molar-refractivity contribution in [2.24, 2.45) is 0 Å². The van der Waals surface area contributed by atoms with Crippen molar-refractivity contribution in [3.63, 3.8) is 0 Å². The van der Waals surface area contributed by atoms with Crippen LogP contribution >= 0.6 is 0 Å². The molecule has 28 heavy (non-hydrogen) atoms. The van der Waals surface area contributed by atoms with Crippen LogP contribution in [0.25, 0.3) is 5.69 Å². The van der Waals surface area contributed by atoms with Gasteiger partial charge in [-0.2, -0.15) is 5.10 Å². The molecule has 7 heteroatoms. The standard InChI is InChI=1S/C21H20F2N4O/c1-15-16(14-24-27(15)20-9-5-3-7-18(20)23)21(28)26-12-10-25(11-13-26)19-8-4-2-6-17(19)22/h2-9,14H,10-13H2,1H3. The van der Waals surface area contributed by atoms with E-state index in [0.29, 0.717) is 48.8 Å². The molecule has 1 saturated heterocycles. The van der Waals surface area contributed by atoms with Gasteiger partial charge in [-0.15, -0.1) is 0 Å². The largest absolute Gasteiger partial charge is 0.366 e. The molecule has 1 aliphatic rings. The number of piperazine rings is 1. The molecule has 1 aliphatic heterocycles. The number of benzene rings is 2. The SMILES string of the molecule is Cc1c(C(=O)N2CCN(c3ccccc3F)CC2)cnn1-c1ccccc1F. The van der Waals surface area contributed by atoms with Gasteiger partial charge in [0.2, 0.25) is 0 Å². The molecule has 0 radical (unpaired) electrons. The highest BCUT2D eigenvalue weighted by atomic mass is 19.1. The highest BCUT2D eigenvalue weighted by molar-refractivity contribution is 5.95. The Balaban J connectivity index is 1.49. The number of anilines is 1. The lowest BCUT2D eigenvalue weighted by Crippen LogP contribution is -2.49. The summed E-state index contributed by atoms with van der Waals surface area (Å²) in [4.78, 5) is 16.6. The van der Waals surface area contributed by atoms with Crippen LogP contribution in [0.15, 0.2) is 54.7 Å². The Morgan fingerprint density at radius 3 is 2.07 bits per heavy atom. The molecule has 0 atom stereocenters. The van der Waals surface area contributed by atoms with Gasteiger partial charge in [-0.1, -0.05) is 24.3 Å². The minimum Gasteiger partial charge on any atom is -0.366 e. The van der Waals surface area contributed by atoms with E-state index in [1.807, 2.05) is 4.90 Å². The van der Waals surface area contributed by atoms with Gasteiger partial charge in [-0.25, -0.2) is 13.5 Å². The minimum absolute atomic E-state index is 0.145. The van der Waals surface area contributed by atoms with Crippen molar-refractivity contribution in [3.8, 4) is 5.69 Å². The number of rotatable bonds is 3. The fourth-order valence-electron chi connectivity index (χ4n) is 3.51. The fourth-order valence-corrected chi connectivity index (χ4v) is 3.51. The third-order valence-corrected chi connectivity index (χ3v) is 5.08. The molecule has 0 saturated carbocycles. The second kappa shape index (κ2) is 7.42. The molecular formula is C21H20F2N4O. The van der Waals surface area contributed by atoms with Crippen LogP contribution in [0.1, 0.15) is 16.1 Å². The quantitative estimate of drug-likeness (QED) is 0.697. The molecule has 2 heterocycles. The predicted octanol–water partition coefficient (Wildman–Crippen LogP) is 3.42. The summed E-state index contributed by atoms with van der Waals surface area (Å²) >= 11 is 0. The van der Waals surface area contributed by atoms with Crippen LogP contribution in [0.3, 0.4) is 0 Å². The van der Waals surface area contributed by atoms with Crippen LogP contribution in [0, 0.1) is 18.6 Å². The average molecular weight is 382 g/mol. The third-order valence-electron chi connectivity index (χ3n) is 5.08. The van der Waals surface area contributed by atoms with E-state index in [2.05, 4.69) is 5.10 Å². The summed E-state index contributed by atoms with van der Waals surface area (Å²) < 4.78 is 29.5. The van der Waals surface area contributed by atoms with Crippen LogP contribution in [0.4, 0.5) is 14.5 Å². The second-order valence-electron chi connectivity index (χ2n) is 6.74. The lowest BCUT2D eigenvalue weighted by Gasteiger charge is -2.36. The van der Waals surface area contributed by atoms with E-state index in [1.54, 1.807) is 48.2 Å². The average Bonchev–Trinajstić information content (AvgIpc) is 3.09. The monoisotopic (exact) mass is 382 g/mol. The highest BCUT2D eigenvalue weighted by Gasteiger charge is 2.26. The van der Waals surface area contributed by atoms with Gasteiger partial charge in [0.1, 0.15) is 17.3 Å². The zero-order valence-electron chi connectivity index (χ0n) is 15.5. The van der Waals surface area contributed by atoms with Crippen LogP contribution in [-0.4, -0.2) is 46.8 Å². The van der Waals surface area contributed by atoms with Crippen molar-refractivity contribution in [2.75, 3.05) is 31.1 Å². The van der Waals surface area contributed by atoms with Gasteiger partial charge in [0.05, 0.1) is 23.1 Å². The van der Waals surface area contributed by atoms with Gasteiger partial charge in [0.25, 0.3) is 5.91 Å². The summed E-state index contributed by atoms with van der Waals surface area (Å²) in [6.07, 6.45) is 1.48. The van der Waals surface area contributed by atoms with Gasteiger partial charge in [0, 0.05) is 26.2 Å². The van der Waals surface area contributed by atoms with Crippen molar-refractivity contribution < 1.29 is 13.6 Å². The maximum Gasteiger partial charge on any atom is 0.257 e. The van der Waals surface area contributed by atoms with Gasteiger partial charge in [-0.05, 0) is 31.2 Å². The number of para-hydroxylation sites is 2. The summed E-state index contributed by atoms with van der Waals surface area (Å²) in [5.41, 5.74) is 1.90. The molecule has 0 spiro atoms. The van der Waals surface area contributed by atoms with Crippen LogP contribution in [0.2, 0.25) is 0 Å². The number of amides is 1. The van der Waals surface area contributed by atoms with Crippen molar-refractivity contribution in [1.29, 1.82) is 0 Å². The normalized spacial score (nSPS) is 14.4. The Morgan fingerprint density at radius 2 is 1.46 bits per heavy atom. The number of carbonyl (C=O) groups is 1. The number of halogens is 2. The molecular weight excluding hydrogens is 362 g/mol. The zero-order chi connectivity index (χ0) is 19.7. The van der Waals surface area contributed by atoms with Crippen LogP contribution in [0.5, 0.6) is 0 Å². The molecule has 1 aromatic heterocycles. The molecule has 0 aliphatic carbocycles. The van der Waals surface area contributed by atoms with Gasteiger partial charge in [-0.3, -0.25) is 4.79 Å². The second-order valence-corrected chi connectivity index (χ2v) is 6.74. The Bertz CT molecular complexity index is 1010. The van der Waals surface area contributed by atoms with E-state index in [1.165, 1.54) is 23.0 Å². The van der Waals surface area contributed by atoms with E-state index < -0.39 is 5.82 Å². The minimum atomic E-state index is -0.397. The smallest absolute Gasteiger partial charge is 0.257 e. The first-order valence-electron chi connectivity index (χ1n) is 9.14. The van der Waals surface area contributed by atoms with Gasteiger partial charge < -0.3 is 9.80 Å². The Hall–Kier alpha value is -3.22. The van der Waals surface area contributed by atoms with E-state index in [4.69, 9.17) is 0 Å². The van der Waals surface area contributed by atoms with Crippen LogP contribution in [-0.2, 0) is 0 Å². The van der Waals surface area contributed by atoms with Crippen molar-refractivity contribution in [3.05, 3.63) is 77.6 Å². The van der Waals surface area contributed by atoms with Crippen molar-refractivity contribution in [2.45, 2.75) is 6.92 Å². The maximum absolute atomic E-state index is 14.1. The van der Waals surface area contributed by atoms with Gasteiger partial charge in [0.15, 0.2) is 0 Å². The molecule has 1 fully saturated rings. The number of carbonyl (C=O) groups excluding carboxylic acids is 1.